The Morgan fingerprint density at radius 2 is 1.35 bits per heavy atom. The second-order valence-corrected chi connectivity index (χ2v) is 7.35. The minimum atomic E-state index is 0.805. The largest absolute Gasteiger partial charge is 0.236 e. The monoisotopic (exact) mass is 342 g/mol. The van der Waals surface area contributed by atoms with E-state index in [4.69, 9.17) is 0 Å². The van der Waals surface area contributed by atoms with Crippen LogP contribution in [0.25, 0.3) is 22.5 Å². The van der Waals surface area contributed by atoms with Crippen molar-refractivity contribution in [3.05, 3.63) is 72.1 Å². The number of nitrogens with zero attached hydrogens (tertiary/aromatic N) is 2. The summed E-state index contributed by atoms with van der Waals surface area (Å²) in [6.07, 6.45) is 11.5. The van der Waals surface area contributed by atoms with Crippen molar-refractivity contribution < 1.29 is 0 Å². The minimum absolute atomic E-state index is 0.805. The van der Waals surface area contributed by atoms with Crippen LogP contribution in [0.1, 0.15) is 56.1 Å². The fraction of sp³-hybridized carbons (Fsp3) is 0.333. The van der Waals surface area contributed by atoms with Gasteiger partial charge < -0.3 is 0 Å². The van der Waals surface area contributed by atoms with E-state index in [0.717, 1.165) is 23.7 Å². The topological polar surface area (TPSA) is 25.8 Å². The van der Waals surface area contributed by atoms with Crippen LogP contribution in [0, 0.1) is 0 Å². The highest BCUT2D eigenvalue weighted by Gasteiger charge is 2.22. The van der Waals surface area contributed by atoms with Gasteiger partial charge in [0, 0.05) is 18.0 Å². The van der Waals surface area contributed by atoms with E-state index in [9.17, 15) is 0 Å². The predicted octanol–water partition coefficient (Wildman–Crippen LogP) is 6.42. The quantitative estimate of drug-likeness (QED) is 0.463. The number of benzene rings is 2. The molecule has 1 aliphatic rings. The fourth-order valence-electron chi connectivity index (χ4n) is 3.39. The molecule has 0 unspecified atom stereocenters. The highest BCUT2D eigenvalue weighted by molar-refractivity contribution is 5.68. The summed E-state index contributed by atoms with van der Waals surface area (Å²) in [4.78, 5) is 9.11. The van der Waals surface area contributed by atoms with E-state index >= 15 is 0 Å². The Morgan fingerprint density at radius 3 is 1.92 bits per heavy atom. The van der Waals surface area contributed by atoms with Gasteiger partial charge in [0.15, 0.2) is 5.82 Å². The van der Waals surface area contributed by atoms with E-state index in [1.54, 1.807) is 0 Å². The van der Waals surface area contributed by atoms with Gasteiger partial charge in [-0.15, -0.1) is 0 Å². The maximum Gasteiger partial charge on any atom is 0.159 e. The number of unbranched alkanes of at least 4 members (excludes halogenated alkanes) is 2. The second kappa shape index (κ2) is 7.82. The average molecular weight is 342 g/mol. The second-order valence-electron chi connectivity index (χ2n) is 7.35. The Balaban J connectivity index is 1.45. The van der Waals surface area contributed by atoms with Gasteiger partial charge >= 0.3 is 0 Å². The van der Waals surface area contributed by atoms with Crippen molar-refractivity contribution in [1.82, 2.24) is 9.97 Å². The highest BCUT2D eigenvalue weighted by Crippen LogP contribution is 2.40. The van der Waals surface area contributed by atoms with Crippen LogP contribution < -0.4 is 0 Å². The molecule has 0 radical (unpaired) electrons. The van der Waals surface area contributed by atoms with Crippen LogP contribution in [0.2, 0.25) is 0 Å². The van der Waals surface area contributed by atoms with E-state index in [1.807, 2.05) is 12.4 Å². The molecule has 1 heterocycles. The summed E-state index contributed by atoms with van der Waals surface area (Å²) >= 11 is 0. The Hall–Kier alpha value is -2.48. The first-order chi connectivity index (χ1) is 12.8. The van der Waals surface area contributed by atoms with Gasteiger partial charge in [-0.05, 0) is 53.9 Å². The minimum Gasteiger partial charge on any atom is -0.236 e. The molecular weight excluding hydrogens is 316 g/mol. The van der Waals surface area contributed by atoms with Crippen molar-refractivity contribution in [2.24, 2.45) is 0 Å². The maximum atomic E-state index is 4.56. The molecular formula is C24H26N2. The third-order valence-electron chi connectivity index (χ3n) is 5.21. The van der Waals surface area contributed by atoms with Crippen molar-refractivity contribution in [2.45, 2.75) is 51.4 Å². The summed E-state index contributed by atoms with van der Waals surface area (Å²) in [5, 5.41) is 0. The summed E-state index contributed by atoms with van der Waals surface area (Å²) in [6, 6.07) is 17.6. The SMILES string of the molecule is CCCCCc1cnc(-c2ccc(-c3ccc(C4CC4)cc3)cc2)nc1. The molecule has 1 fully saturated rings. The van der Waals surface area contributed by atoms with Crippen molar-refractivity contribution in [2.75, 3.05) is 0 Å². The molecule has 1 saturated carbocycles. The molecule has 2 heteroatoms. The molecule has 4 rings (SSSR count). The normalized spacial score (nSPS) is 13.7. The Kier molecular flexibility index (Phi) is 5.10. The van der Waals surface area contributed by atoms with Crippen LogP contribution in [0.3, 0.4) is 0 Å². The third kappa shape index (κ3) is 4.01. The zero-order chi connectivity index (χ0) is 17.8. The number of hydrogen-bond donors (Lipinski definition) is 0. The molecule has 0 N–H and O–H groups in total. The molecule has 2 aromatic carbocycles. The molecule has 3 aromatic rings. The van der Waals surface area contributed by atoms with Gasteiger partial charge in [-0.2, -0.15) is 0 Å². The van der Waals surface area contributed by atoms with Crippen molar-refractivity contribution >= 4 is 0 Å². The number of aromatic nitrogens is 2. The highest BCUT2D eigenvalue weighted by atomic mass is 14.9. The molecule has 26 heavy (non-hydrogen) atoms. The summed E-state index contributed by atoms with van der Waals surface area (Å²) < 4.78 is 0. The first-order valence-corrected chi connectivity index (χ1v) is 9.85. The van der Waals surface area contributed by atoms with Crippen LogP contribution in [0.5, 0.6) is 0 Å². The molecule has 0 atom stereocenters. The Labute approximate surface area is 156 Å². The van der Waals surface area contributed by atoms with Gasteiger partial charge in [0.2, 0.25) is 0 Å². The molecule has 0 spiro atoms. The average Bonchev–Trinajstić information content (AvgIpc) is 3.55. The van der Waals surface area contributed by atoms with Gasteiger partial charge in [0.25, 0.3) is 0 Å². The molecule has 0 aliphatic heterocycles. The van der Waals surface area contributed by atoms with Crippen molar-refractivity contribution in [3.63, 3.8) is 0 Å². The summed E-state index contributed by atoms with van der Waals surface area (Å²) in [5.41, 5.74) is 6.30. The predicted molar refractivity (Wildman–Crippen MR) is 108 cm³/mol. The summed E-state index contributed by atoms with van der Waals surface area (Å²) in [6.45, 7) is 2.23. The zero-order valence-electron chi connectivity index (χ0n) is 15.5. The molecule has 0 bridgehead atoms. The van der Waals surface area contributed by atoms with Crippen LogP contribution >= 0.6 is 0 Å². The van der Waals surface area contributed by atoms with E-state index in [2.05, 4.69) is 65.4 Å². The number of hydrogen-bond acceptors (Lipinski definition) is 2. The van der Waals surface area contributed by atoms with Gasteiger partial charge in [-0.25, -0.2) is 9.97 Å². The van der Waals surface area contributed by atoms with Gasteiger partial charge in [0.05, 0.1) is 0 Å². The lowest BCUT2D eigenvalue weighted by Gasteiger charge is -2.06. The zero-order valence-corrected chi connectivity index (χ0v) is 15.5. The summed E-state index contributed by atoms with van der Waals surface area (Å²) in [7, 11) is 0. The molecule has 2 nitrogen and oxygen atoms in total. The van der Waals surface area contributed by atoms with Crippen LogP contribution in [-0.4, -0.2) is 9.97 Å². The number of aryl methyl sites for hydroxylation is 1. The van der Waals surface area contributed by atoms with Gasteiger partial charge in [-0.1, -0.05) is 68.3 Å². The first-order valence-electron chi connectivity index (χ1n) is 9.85. The van der Waals surface area contributed by atoms with E-state index < -0.39 is 0 Å². The van der Waals surface area contributed by atoms with Crippen LogP contribution in [-0.2, 0) is 6.42 Å². The van der Waals surface area contributed by atoms with E-state index in [-0.39, 0.29) is 0 Å². The van der Waals surface area contributed by atoms with Gasteiger partial charge in [-0.3, -0.25) is 0 Å². The molecule has 0 amide bonds. The van der Waals surface area contributed by atoms with Crippen LogP contribution in [0.4, 0.5) is 0 Å². The van der Waals surface area contributed by atoms with Crippen molar-refractivity contribution in [3.8, 4) is 22.5 Å². The molecule has 1 aliphatic carbocycles. The molecule has 132 valence electrons. The molecule has 1 aromatic heterocycles. The molecule has 0 saturated heterocycles. The van der Waals surface area contributed by atoms with E-state index in [0.29, 0.717) is 0 Å². The van der Waals surface area contributed by atoms with Gasteiger partial charge in [0.1, 0.15) is 0 Å². The maximum absolute atomic E-state index is 4.56. The Bertz CT molecular complexity index is 829. The smallest absolute Gasteiger partial charge is 0.159 e. The van der Waals surface area contributed by atoms with Crippen molar-refractivity contribution in [1.29, 1.82) is 0 Å². The number of rotatable bonds is 7. The lowest BCUT2D eigenvalue weighted by Crippen LogP contribution is -1.93. The lowest BCUT2D eigenvalue weighted by atomic mass is 10.0. The Morgan fingerprint density at radius 1 is 0.769 bits per heavy atom. The van der Waals surface area contributed by atoms with E-state index in [1.165, 1.54) is 54.4 Å². The fourth-order valence-corrected chi connectivity index (χ4v) is 3.39. The standard InChI is InChI=1S/C24H26N2/c1-2-3-4-5-18-16-25-24(26-17-18)23-14-12-22(13-15-23)21-10-8-20(9-11-21)19-6-7-19/h8-17,19H,2-7H2,1H3. The lowest BCUT2D eigenvalue weighted by molar-refractivity contribution is 0.714. The van der Waals surface area contributed by atoms with Crippen LogP contribution in [0.15, 0.2) is 60.9 Å². The summed E-state index contributed by atoms with van der Waals surface area (Å²) in [5.74, 6) is 1.62. The first kappa shape index (κ1) is 17.0. The third-order valence-corrected chi connectivity index (χ3v) is 5.21.